The first-order chi connectivity index (χ1) is 14.0. The van der Waals surface area contributed by atoms with Gasteiger partial charge in [0.2, 0.25) is 11.8 Å². The van der Waals surface area contributed by atoms with E-state index in [2.05, 4.69) is 22.5 Å². The number of nitrogens with zero attached hydrogens (tertiary/aromatic N) is 1. The van der Waals surface area contributed by atoms with Gasteiger partial charge in [-0.2, -0.15) is 0 Å². The van der Waals surface area contributed by atoms with Crippen LogP contribution in [0.1, 0.15) is 22.1 Å². The van der Waals surface area contributed by atoms with E-state index in [-0.39, 0.29) is 52.6 Å². The lowest BCUT2D eigenvalue weighted by molar-refractivity contribution is -0.149. The van der Waals surface area contributed by atoms with Crippen LogP contribution in [0.3, 0.4) is 0 Å². The van der Waals surface area contributed by atoms with Crippen molar-refractivity contribution in [3.8, 4) is 0 Å². The molecule has 0 aromatic carbocycles. The number of rotatable bonds is 3. The largest absolute Gasteiger partial charge is 0.480 e. The summed E-state index contributed by atoms with van der Waals surface area (Å²) in [6.45, 7) is -0.526. The number of imide groups is 1. The van der Waals surface area contributed by atoms with E-state index < -0.39 is 12.5 Å². The summed E-state index contributed by atoms with van der Waals surface area (Å²) in [4.78, 5) is 44.1. The van der Waals surface area contributed by atoms with Crippen molar-refractivity contribution in [1.82, 2.24) is 9.88 Å². The van der Waals surface area contributed by atoms with Crippen LogP contribution >= 0.6 is 46.7 Å². The van der Waals surface area contributed by atoms with E-state index in [4.69, 9.17) is 17.3 Å². The normalized spacial score (nSPS) is 37.0. The van der Waals surface area contributed by atoms with Gasteiger partial charge >= 0.3 is 5.97 Å². The molecule has 2 bridgehead atoms. The SMILES string of the molecule is O=C(O)CN1C(=O)C2C3CC(C2C1=O)C1C(c2cccs2)c2sc(=S)[nH]c2SC31. The Bertz CT molecular complexity index is 1110. The topological polar surface area (TPSA) is 90.5 Å². The second-order valence-corrected chi connectivity index (χ2v) is 12.0. The minimum Gasteiger partial charge on any atom is -0.480 e. The summed E-state index contributed by atoms with van der Waals surface area (Å²) in [5.41, 5.74) is 0. The van der Waals surface area contributed by atoms with E-state index in [9.17, 15) is 14.4 Å². The Hall–Kier alpha value is -1.49. The molecule has 7 atom stereocenters. The first-order valence-electron chi connectivity index (χ1n) is 9.45. The third-order valence-electron chi connectivity index (χ3n) is 6.96. The molecule has 4 aliphatic rings. The number of carbonyl (C=O) groups excluding carboxylic acids is 2. The number of carboxylic acid groups (broad SMARTS) is 1. The Morgan fingerprint density at radius 2 is 2.03 bits per heavy atom. The van der Waals surface area contributed by atoms with E-state index in [0.29, 0.717) is 0 Å². The maximum Gasteiger partial charge on any atom is 0.323 e. The van der Waals surface area contributed by atoms with E-state index in [1.54, 1.807) is 34.4 Å². The van der Waals surface area contributed by atoms with Crippen LogP contribution in [0.25, 0.3) is 0 Å². The maximum absolute atomic E-state index is 13.1. The number of H-pyrrole nitrogens is 1. The van der Waals surface area contributed by atoms with Gasteiger partial charge in [0, 0.05) is 20.9 Å². The third kappa shape index (κ3) is 2.40. The summed E-state index contributed by atoms with van der Waals surface area (Å²) in [5.74, 6) is -1.79. The van der Waals surface area contributed by atoms with Crippen molar-refractivity contribution in [2.24, 2.45) is 29.6 Å². The molecule has 2 aliphatic carbocycles. The van der Waals surface area contributed by atoms with Crippen LogP contribution in [0.2, 0.25) is 0 Å². The molecule has 2 aromatic rings. The fourth-order valence-corrected chi connectivity index (χ4v) is 10.4. The number of fused-ring (bicyclic) bond motifs is 9. The van der Waals surface area contributed by atoms with Crippen molar-refractivity contribution in [3.05, 3.63) is 31.2 Å². The number of thioether (sulfide) groups is 1. The number of hydrogen-bond acceptors (Lipinski definition) is 7. The number of thiophene rings is 1. The molecule has 2 amide bonds. The molecule has 6 nitrogen and oxygen atoms in total. The molecule has 6 rings (SSSR count). The number of aliphatic carboxylic acids is 1. The number of aromatic nitrogens is 1. The van der Waals surface area contributed by atoms with Crippen LogP contribution in [0.5, 0.6) is 0 Å². The van der Waals surface area contributed by atoms with Gasteiger partial charge < -0.3 is 10.1 Å². The molecule has 150 valence electrons. The van der Waals surface area contributed by atoms with Gasteiger partial charge in [-0.25, -0.2) is 0 Å². The molecular weight excluding hydrogens is 448 g/mol. The van der Waals surface area contributed by atoms with Crippen molar-refractivity contribution in [1.29, 1.82) is 0 Å². The molecular formula is C19H16N2O4S4. The number of nitrogens with one attached hydrogen (secondary N) is 1. The number of likely N-dealkylation sites (tertiary alicyclic amines) is 1. The standard InChI is InChI=1S/C19H16N2O4S4/c22-9(23)5-21-17(24)11-6-4-7(12(11)18(21)25)14-10(6)13(8-2-1-3-27-8)15-16(28-14)20-19(26)29-15/h1-3,6-7,10-14H,4-5H2,(H,20,26)(H,22,23). The molecule has 7 unspecified atom stereocenters. The van der Waals surface area contributed by atoms with Gasteiger partial charge in [0.05, 0.1) is 16.9 Å². The molecule has 0 spiro atoms. The van der Waals surface area contributed by atoms with Crippen LogP contribution in [0, 0.1) is 33.5 Å². The molecule has 0 radical (unpaired) electrons. The lowest BCUT2D eigenvalue weighted by atomic mass is 9.69. The predicted octanol–water partition coefficient (Wildman–Crippen LogP) is 3.43. The summed E-state index contributed by atoms with van der Waals surface area (Å²) in [5, 5.41) is 12.6. The lowest BCUT2D eigenvalue weighted by Crippen LogP contribution is -2.42. The number of hydrogen-bond donors (Lipinski definition) is 2. The molecule has 2 N–H and O–H groups in total. The first-order valence-corrected chi connectivity index (χ1v) is 12.4. The third-order valence-corrected chi connectivity index (χ3v) is 10.9. The fraction of sp³-hybridized carbons (Fsp3) is 0.474. The van der Waals surface area contributed by atoms with Crippen molar-refractivity contribution in [2.75, 3.05) is 6.54 Å². The highest BCUT2D eigenvalue weighted by Gasteiger charge is 2.69. The molecule has 4 heterocycles. The molecule has 2 aromatic heterocycles. The smallest absolute Gasteiger partial charge is 0.323 e. The van der Waals surface area contributed by atoms with Gasteiger partial charge in [-0.05, 0) is 47.8 Å². The minimum absolute atomic E-state index is 0.104. The second-order valence-electron chi connectivity index (χ2n) is 8.13. The monoisotopic (exact) mass is 464 g/mol. The zero-order valence-electron chi connectivity index (χ0n) is 14.9. The Morgan fingerprint density at radius 3 is 2.72 bits per heavy atom. The summed E-state index contributed by atoms with van der Waals surface area (Å²) in [6.07, 6.45) is 0.869. The average molecular weight is 465 g/mol. The van der Waals surface area contributed by atoms with E-state index >= 15 is 0 Å². The van der Waals surface area contributed by atoms with Gasteiger partial charge in [-0.3, -0.25) is 19.3 Å². The molecule has 1 saturated heterocycles. The van der Waals surface area contributed by atoms with Crippen LogP contribution in [-0.2, 0) is 14.4 Å². The summed E-state index contributed by atoms with van der Waals surface area (Å²) in [7, 11) is 0. The number of carboxylic acids is 1. The molecule has 10 heteroatoms. The van der Waals surface area contributed by atoms with Crippen LogP contribution in [-0.4, -0.2) is 44.6 Å². The highest BCUT2D eigenvalue weighted by atomic mass is 32.2. The van der Waals surface area contributed by atoms with Crippen molar-refractivity contribution < 1.29 is 19.5 Å². The highest BCUT2D eigenvalue weighted by molar-refractivity contribution is 8.00. The summed E-state index contributed by atoms with van der Waals surface area (Å²) < 4.78 is 0.761. The number of carbonyl (C=O) groups is 3. The van der Waals surface area contributed by atoms with Crippen LogP contribution < -0.4 is 0 Å². The number of amides is 2. The maximum atomic E-state index is 13.1. The quantitative estimate of drug-likeness (QED) is 0.534. The average Bonchev–Trinajstić information content (AvgIpc) is 3.45. The van der Waals surface area contributed by atoms with Crippen molar-refractivity contribution in [2.45, 2.75) is 22.6 Å². The molecule has 29 heavy (non-hydrogen) atoms. The van der Waals surface area contributed by atoms with Crippen LogP contribution in [0.4, 0.5) is 0 Å². The van der Waals surface area contributed by atoms with Gasteiger partial charge in [-0.1, -0.05) is 6.07 Å². The Balaban J connectivity index is 1.45. The fourth-order valence-electron chi connectivity index (χ4n) is 6.16. The molecule has 2 aliphatic heterocycles. The van der Waals surface area contributed by atoms with Gasteiger partial charge in [0.25, 0.3) is 0 Å². The van der Waals surface area contributed by atoms with E-state index in [1.165, 1.54) is 9.75 Å². The van der Waals surface area contributed by atoms with E-state index in [1.807, 2.05) is 0 Å². The Morgan fingerprint density at radius 1 is 1.28 bits per heavy atom. The highest BCUT2D eigenvalue weighted by Crippen LogP contribution is 2.69. The summed E-state index contributed by atoms with van der Waals surface area (Å²) >= 11 is 10.5. The van der Waals surface area contributed by atoms with Gasteiger partial charge in [0.1, 0.15) is 6.54 Å². The van der Waals surface area contributed by atoms with Crippen molar-refractivity contribution >= 4 is 64.4 Å². The van der Waals surface area contributed by atoms with Gasteiger partial charge in [-0.15, -0.1) is 34.4 Å². The lowest BCUT2D eigenvalue weighted by Gasteiger charge is -2.42. The minimum atomic E-state index is -1.14. The molecule has 2 saturated carbocycles. The zero-order chi connectivity index (χ0) is 20.0. The number of thiazole rings is 1. The number of aromatic amines is 1. The Kier molecular flexibility index (Phi) is 3.95. The predicted molar refractivity (Wildman–Crippen MR) is 112 cm³/mol. The second kappa shape index (κ2) is 6.26. The Labute approximate surface area is 183 Å². The van der Waals surface area contributed by atoms with Gasteiger partial charge in [0.15, 0.2) is 3.95 Å². The zero-order valence-corrected chi connectivity index (χ0v) is 18.2. The summed E-state index contributed by atoms with van der Waals surface area (Å²) in [6, 6.07) is 4.20. The van der Waals surface area contributed by atoms with Crippen LogP contribution in [0.15, 0.2) is 22.5 Å². The van der Waals surface area contributed by atoms with Crippen molar-refractivity contribution in [3.63, 3.8) is 0 Å². The first kappa shape index (κ1) is 18.3. The van der Waals surface area contributed by atoms with E-state index in [0.717, 1.165) is 20.3 Å². The molecule has 3 fully saturated rings.